The third kappa shape index (κ3) is 1.14. The van der Waals surface area contributed by atoms with Gasteiger partial charge in [0.25, 0.3) is 0 Å². The number of hydrogen-bond acceptors (Lipinski definition) is 2. The van der Waals surface area contributed by atoms with Gasteiger partial charge < -0.3 is 9.84 Å². The molecule has 0 aromatic heterocycles. The fraction of sp³-hybridized carbons (Fsp3) is 0.714. The first-order chi connectivity index (χ1) is 4.20. The molecule has 0 aromatic rings. The first-order valence-electron chi connectivity index (χ1n) is 3.09. The Bertz CT molecular complexity index is 114. The Morgan fingerprint density at radius 2 is 2.33 bits per heavy atom. The van der Waals surface area contributed by atoms with E-state index >= 15 is 0 Å². The van der Waals surface area contributed by atoms with Crippen LogP contribution in [0.2, 0.25) is 0 Å². The highest BCUT2D eigenvalue weighted by molar-refractivity contribution is 5.06. The Labute approximate surface area is 55.1 Å². The van der Waals surface area contributed by atoms with Crippen molar-refractivity contribution in [1.29, 1.82) is 0 Å². The van der Waals surface area contributed by atoms with E-state index in [0.717, 1.165) is 0 Å². The van der Waals surface area contributed by atoms with Crippen LogP contribution in [0, 0.1) is 0 Å². The van der Waals surface area contributed by atoms with Gasteiger partial charge in [-0.1, -0.05) is 6.08 Å². The molecule has 1 N–H and O–H groups in total. The van der Waals surface area contributed by atoms with Gasteiger partial charge in [-0.15, -0.1) is 6.58 Å². The predicted octanol–water partition coefficient (Wildman–Crippen LogP) is 0.712. The average molecular weight is 128 g/mol. The van der Waals surface area contributed by atoms with Gasteiger partial charge in [0.1, 0.15) is 0 Å². The molecule has 2 nitrogen and oxygen atoms in total. The van der Waals surface area contributed by atoms with Crippen molar-refractivity contribution in [2.75, 3.05) is 7.11 Å². The summed E-state index contributed by atoms with van der Waals surface area (Å²) in [6.07, 6.45) is 3.23. The molecule has 0 radical (unpaired) electrons. The summed E-state index contributed by atoms with van der Waals surface area (Å²) in [4.78, 5) is 0. The summed E-state index contributed by atoms with van der Waals surface area (Å²) in [7, 11) is 1.66. The molecular weight excluding hydrogens is 116 g/mol. The van der Waals surface area contributed by atoms with Gasteiger partial charge in [0.2, 0.25) is 0 Å². The molecule has 52 valence electrons. The van der Waals surface area contributed by atoms with Gasteiger partial charge in [-0.05, 0) is 0 Å². The van der Waals surface area contributed by atoms with E-state index in [9.17, 15) is 5.11 Å². The molecule has 0 aromatic carbocycles. The number of aliphatic hydroxyl groups is 1. The van der Waals surface area contributed by atoms with E-state index in [1.807, 2.05) is 0 Å². The van der Waals surface area contributed by atoms with E-state index in [0.29, 0.717) is 12.8 Å². The first kappa shape index (κ1) is 6.78. The van der Waals surface area contributed by atoms with E-state index in [4.69, 9.17) is 4.74 Å². The summed E-state index contributed by atoms with van der Waals surface area (Å²) < 4.78 is 4.98. The van der Waals surface area contributed by atoms with E-state index in [1.54, 1.807) is 13.2 Å². The van der Waals surface area contributed by atoms with Crippen LogP contribution in [-0.4, -0.2) is 23.9 Å². The summed E-state index contributed by atoms with van der Waals surface area (Å²) in [5.41, 5.74) is -0.624. The molecular formula is C7H12O2. The molecule has 0 unspecified atom stereocenters. The SMILES string of the molecule is C=CC1(O)CC(OC)C1. The van der Waals surface area contributed by atoms with Crippen molar-refractivity contribution >= 4 is 0 Å². The van der Waals surface area contributed by atoms with Crippen molar-refractivity contribution in [3.05, 3.63) is 12.7 Å². The van der Waals surface area contributed by atoms with Crippen LogP contribution in [0.5, 0.6) is 0 Å². The zero-order valence-corrected chi connectivity index (χ0v) is 5.63. The average Bonchev–Trinajstić information content (AvgIpc) is 1.81. The lowest BCUT2D eigenvalue weighted by atomic mass is 9.78. The van der Waals surface area contributed by atoms with Crippen molar-refractivity contribution in [2.45, 2.75) is 24.5 Å². The molecule has 0 amide bonds. The standard InChI is InChI=1S/C7H12O2/c1-3-7(8)4-6(5-7)9-2/h3,6,8H,1,4-5H2,2H3. The van der Waals surface area contributed by atoms with Crippen LogP contribution in [0.25, 0.3) is 0 Å². The predicted molar refractivity (Wildman–Crippen MR) is 35.2 cm³/mol. The largest absolute Gasteiger partial charge is 0.386 e. The quantitative estimate of drug-likeness (QED) is 0.555. The number of ether oxygens (including phenoxy) is 1. The van der Waals surface area contributed by atoms with Crippen molar-refractivity contribution in [3.63, 3.8) is 0 Å². The summed E-state index contributed by atoms with van der Waals surface area (Å²) >= 11 is 0. The Kier molecular flexibility index (Phi) is 1.60. The minimum Gasteiger partial charge on any atom is -0.386 e. The highest BCUT2D eigenvalue weighted by Gasteiger charge is 2.39. The van der Waals surface area contributed by atoms with Crippen LogP contribution in [-0.2, 0) is 4.74 Å². The van der Waals surface area contributed by atoms with Crippen LogP contribution in [0.15, 0.2) is 12.7 Å². The zero-order chi connectivity index (χ0) is 6.91. The molecule has 0 bridgehead atoms. The van der Waals surface area contributed by atoms with Crippen molar-refractivity contribution < 1.29 is 9.84 Å². The van der Waals surface area contributed by atoms with Gasteiger partial charge >= 0.3 is 0 Å². The lowest BCUT2D eigenvalue weighted by molar-refractivity contribution is -0.0968. The molecule has 0 aliphatic heterocycles. The minimum absolute atomic E-state index is 0.244. The lowest BCUT2D eigenvalue weighted by Gasteiger charge is -2.40. The molecule has 0 heterocycles. The maximum atomic E-state index is 9.32. The maximum Gasteiger partial charge on any atom is 0.0874 e. The van der Waals surface area contributed by atoms with Crippen LogP contribution in [0.1, 0.15) is 12.8 Å². The van der Waals surface area contributed by atoms with Gasteiger partial charge in [0.05, 0.1) is 11.7 Å². The topological polar surface area (TPSA) is 29.5 Å². The molecule has 1 saturated carbocycles. The van der Waals surface area contributed by atoms with Crippen molar-refractivity contribution in [3.8, 4) is 0 Å². The van der Waals surface area contributed by atoms with Gasteiger partial charge in [-0.2, -0.15) is 0 Å². The third-order valence-electron chi connectivity index (χ3n) is 1.88. The highest BCUT2D eigenvalue weighted by atomic mass is 16.5. The Balaban J connectivity index is 2.32. The van der Waals surface area contributed by atoms with Crippen molar-refractivity contribution in [2.24, 2.45) is 0 Å². The van der Waals surface area contributed by atoms with E-state index < -0.39 is 5.60 Å². The van der Waals surface area contributed by atoms with Gasteiger partial charge in [0, 0.05) is 20.0 Å². The van der Waals surface area contributed by atoms with E-state index in [2.05, 4.69) is 6.58 Å². The second kappa shape index (κ2) is 2.12. The third-order valence-corrected chi connectivity index (χ3v) is 1.88. The van der Waals surface area contributed by atoms with Crippen LogP contribution in [0.3, 0.4) is 0 Å². The maximum absolute atomic E-state index is 9.32. The Morgan fingerprint density at radius 3 is 2.67 bits per heavy atom. The zero-order valence-electron chi connectivity index (χ0n) is 5.63. The van der Waals surface area contributed by atoms with Crippen LogP contribution < -0.4 is 0 Å². The Hall–Kier alpha value is -0.340. The van der Waals surface area contributed by atoms with Crippen molar-refractivity contribution in [1.82, 2.24) is 0 Å². The number of methoxy groups -OCH3 is 1. The molecule has 0 saturated heterocycles. The first-order valence-corrected chi connectivity index (χ1v) is 3.09. The van der Waals surface area contributed by atoms with Gasteiger partial charge in [-0.3, -0.25) is 0 Å². The summed E-state index contributed by atoms with van der Waals surface area (Å²) in [6.45, 7) is 3.52. The Morgan fingerprint density at radius 1 is 1.78 bits per heavy atom. The molecule has 1 aliphatic rings. The molecule has 0 spiro atoms. The summed E-state index contributed by atoms with van der Waals surface area (Å²) in [5.74, 6) is 0. The fourth-order valence-corrected chi connectivity index (χ4v) is 1.06. The summed E-state index contributed by atoms with van der Waals surface area (Å²) in [6, 6.07) is 0. The minimum atomic E-state index is -0.624. The fourth-order valence-electron chi connectivity index (χ4n) is 1.06. The second-order valence-corrected chi connectivity index (χ2v) is 2.57. The lowest BCUT2D eigenvalue weighted by Crippen LogP contribution is -2.46. The van der Waals surface area contributed by atoms with Gasteiger partial charge in [-0.25, -0.2) is 0 Å². The molecule has 0 atom stereocenters. The monoisotopic (exact) mass is 128 g/mol. The number of hydrogen-bond donors (Lipinski definition) is 1. The summed E-state index contributed by atoms with van der Waals surface area (Å²) in [5, 5.41) is 9.32. The van der Waals surface area contributed by atoms with E-state index in [-0.39, 0.29) is 6.10 Å². The highest BCUT2D eigenvalue weighted by Crippen LogP contribution is 2.34. The molecule has 1 rings (SSSR count). The van der Waals surface area contributed by atoms with Gasteiger partial charge in [0.15, 0.2) is 0 Å². The smallest absolute Gasteiger partial charge is 0.0874 e. The van der Waals surface area contributed by atoms with E-state index in [1.165, 1.54) is 0 Å². The molecule has 1 fully saturated rings. The molecule has 2 heteroatoms. The number of rotatable bonds is 2. The normalized spacial score (nSPS) is 41.8. The van der Waals surface area contributed by atoms with Crippen LogP contribution in [0.4, 0.5) is 0 Å². The second-order valence-electron chi connectivity index (χ2n) is 2.57. The molecule has 9 heavy (non-hydrogen) atoms. The van der Waals surface area contributed by atoms with Crippen LogP contribution >= 0.6 is 0 Å². The molecule has 1 aliphatic carbocycles.